The van der Waals surface area contributed by atoms with E-state index in [4.69, 9.17) is 0 Å². The summed E-state index contributed by atoms with van der Waals surface area (Å²) in [4.78, 5) is 12.4. The number of carbonyl (C=O) groups excluding carboxylic acids is 1. The highest BCUT2D eigenvalue weighted by molar-refractivity contribution is 5.79. The maximum Gasteiger partial charge on any atom is 0.133 e. The van der Waals surface area contributed by atoms with E-state index in [0.717, 1.165) is 19.3 Å². The zero-order chi connectivity index (χ0) is 17.6. The number of aromatic hydroxyl groups is 1. The van der Waals surface area contributed by atoms with Crippen molar-refractivity contribution in [2.45, 2.75) is 96.8 Å². The number of benzene rings is 1. The van der Waals surface area contributed by atoms with Crippen LogP contribution in [0.25, 0.3) is 0 Å². The average molecular weight is 333 g/mol. The van der Waals surface area contributed by atoms with Gasteiger partial charge in [0.1, 0.15) is 11.5 Å². The lowest BCUT2D eigenvalue weighted by Gasteiger charge is -2.17. The van der Waals surface area contributed by atoms with Crippen molar-refractivity contribution in [3.05, 3.63) is 29.8 Å². The van der Waals surface area contributed by atoms with Crippen molar-refractivity contribution in [3.63, 3.8) is 0 Å². The molecule has 0 saturated heterocycles. The zero-order valence-corrected chi connectivity index (χ0v) is 15.7. The summed E-state index contributed by atoms with van der Waals surface area (Å²) >= 11 is 0. The number of Topliss-reactive ketones (excluding diaryl/α,β-unsaturated/α-hetero) is 1. The monoisotopic (exact) mass is 332 g/mol. The summed E-state index contributed by atoms with van der Waals surface area (Å²) in [5.41, 5.74) is 1.19. The lowest BCUT2D eigenvalue weighted by molar-refractivity contribution is -0.119. The Bertz CT molecular complexity index is 436. The van der Waals surface area contributed by atoms with Crippen LogP contribution >= 0.6 is 0 Å². The molecule has 0 bridgehead atoms. The molecule has 1 N–H and O–H groups in total. The second-order valence-electron chi connectivity index (χ2n) is 7.04. The maximum atomic E-state index is 12.4. The fourth-order valence-corrected chi connectivity index (χ4v) is 3.25. The number of phenolic OH excluding ortho intramolecular Hbond substituents is 1. The number of unbranched alkanes of at least 4 members (excludes halogenated alkanes) is 7. The highest BCUT2D eigenvalue weighted by atomic mass is 16.3. The van der Waals surface area contributed by atoms with Crippen molar-refractivity contribution in [3.8, 4) is 5.75 Å². The Hall–Kier alpha value is -1.31. The Morgan fingerprint density at radius 2 is 1.46 bits per heavy atom. The van der Waals surface area contributed by atoms with Crippen LogP contribution in [0.5, 0.6) is 5.75 Å². The average Bonchev–Trinajstić information content (AvgIpc) is 2.58. The van der Waals surface area contributed by atoms with Crippen LogP contribution in [0.15, 0.2) is 24.3 Å². The molecule has 0 radical (unpaired) electrons. The molecule has 0 aromatic heterocycles. The molecular weight excluding hydrogens is 296 g/mol. The van der Waals surface area contributed by atoms with E-state index in [0.29, 0.717) is 23.9 Å². The predicted octanol–water partition coefficient (Wildman–Crippen LogP) is 6.77. The number of phenols is 1. The second-order valence-corrected chi connectivity index (χ2v) is 7.04. The molecule has 24 heavy (non-hydrogen) atoms. The van der Waals surface area contributed by atoms with Gasteiger partial charge < -0.3 is 5.11 Å². The molecule has 0 aliphatic heterocycles. The number of carbonyl (C=O) groups is 1. The molecule has 1 unspecified atom stereocenters. The number of rotatable bonds is 14. The van der Waals surface area contributed by atoms with E-state index in [2.05, 4.69) is 13.8 Å². The third-order valence-corrected chi connectivity index (χ3v) is 4.80. The molecule has 0 heterocycles. The van der Waals surface area contributed by atoms with Crippen LogP contribution in [0.3, 0.4) is 0 Å². The van der Waals surface area contributed by atoms with Gasteiger partial charge in [-0.2, -0.15) is 0 Å². The molecule has 2 nitrogen and oxygen atoms in total. The Morgan fingerprint density at radius 3 is 2.12 bits per heavy atom. The predicted molar refractivity (Wildman–Crippen MR) is 103 cm³/mol. The molecule has 0 saturated carbocycles. The lowest BCUT2D eigenvalue weighted by atomic mass is 9.87. The van der Waals surface area contributed by atoms with E-state index in [-0.39, 0.29) is 0 Å². The first-order valence-electron chi connectivity index (χ1n) is 9.98. The molecule has 0 aliphatic rings. The Labute approximate surface area is 148 Å². The van der Waals surface area contributed by atoms with Crippen LogP contribution in [0.4, 0.5) is 0 Å². The quantitative estimate of drug-likeness (QED) is 0.382. The zero-order valence-electron chi connectivity index (χ0n) is 15.7. The van der Waals surface area contributed by atoms with Gasteiger partial charge in [0, 0.05) is 12.8 Å². The molecule has 2 heteroatoms. The minimum absolute atomic E-state index is 0.296. The molecule has 1 atom stereocenters. The van der Waals surface area contributed by atoms with Crippen molar-refractivity contribution >= 4 is 5.78 Å². The first kappa shape index (κ1) is 20.7. The third kappa shape index (κ3) is 9.10. The molecule has 1 rings (SSSR count). The van der Waals surface area contributed by atoms with E-state index in [9.17, 15) is 9.90 Å². The Balaban J connectivity index is 2.42. The third-order valence-electron chi connectivity index (χ3n) is 4.80. The van der Waals surface area contributed by atoms with Gasteiger partial charge in [-0.25, -0.2) is 0 Å². The van der Waals surface area contributed by atoms with Crippen molar-refractivity contribution in [1.82, 2.24) is 0 Å². The van der Waals surface area contributed by atoms with Gasteiger partial charge in [0.05, 0.1) is 0 Å². The van der Waals surface area contributed by atoms with Gasteiger partial charge in [-0.3, -0.25) is 4.79 Å². The first-order valence-corrected chi connectivity index (χ1v) is 9.98. The molecule has 0 aliphatic carbocycles. The lowest BCUT2D eigenvalue weighted by Crippen LogP contribution is -2.07. The number of hydrogen-bond acceptors (Lipinski definition) is 2. The van der Waals surface area contributed by atoms with Gasteiger partial charge in [0.2, 0.25) is 0 Å². The van der Waals surface area contributed by atoms with Crippen LogP contribution in [0, 0.1) is 0 Å². The van der Waals surface area contributed by atoms with Crippen molar-refractivity contribution in [1.29, 1.82) is 0 Å². The second kappa shape index (κ2) is 13.0. The summed E-state index contributed by atoms with van der Waals surface area (Å²) in [7, 11) is 0. The summed E-state index contributed by atoms with van der Waals surface area (Å²) in [5, 5.41) is 9.47. The van der Waals surface area contributed by atoms with Gasteiger partial charge in [0.25, 0.3) is 0 Å². The van der Waals surface area contributed by atoms with E-state index < -0.39 is 0 Å². The summed E-state index contributed by atoms with van der Waals surface area (Å²) in [6.45, 7) is 4.44. The molecule has 136 valence electrons. The summed E-state index contributed by atoms with van der Waals surface area (Å²) in [6, 6.07) is 7.43. The summed E-state index contributed by atoms with van der Waals surface area (Å²) in [5.74, 6) is 1.01. The normalized spacial score (nSPS) is 12.2. The SMILES string of the molecule is CCCCCCCCC(=O)CC(CCCCC)c1ccc(O)cc1. The van der Waals surface area contributed by atoms with Gasteiger partial charge in [0.15, 0.2) is 0 Å². The number of ketones is 1. The molecule has 0 fully saturated rings. The van der Waals surface area contributed by atoms with Gasteiger partial charge >= 0.3 is 0 Å². The maximum absolute atomic E-state index is 12.4. The molecule has 1 aromatic carbocycles. The standard InChI is InChI=1S/C22H36O2/c1-3-5-7-8-9-11-13-22(24)18-20(12-10-6-4-2)19-14-16-21(23)17-15-19/h14-17,20,23H,3-13,18H2,1-2H3. The molecule has 1 aromatic rings. The topological polar surface area (TPSA) is 37.3 Å². The van der Waals surface area contributed by atoms with Crippen molar-refractivity contribution in [2.24, 2.45) is 0 Å². The van der Waals surface area contributed by atoms with E-state index in [1.807, 2.05) is 12.1 Å². The minimum atomic E-state index is 0.296. The van der Waals surface area contributed by atoms with Crippen molar-refractivity contribution < 1.29 is 9.90 Å². The van der Waals surface area contributed by atoms with Crippen LogP contribution < -0.4 is 0 Å². The highest BCUT2D eigenvalue weighted by Gasteiger charge is 2.15. The number of hydrogen-bond donors (Lipinski definition) is 1. The minimum Gasteiger partial charge on any atom is -0.508 e. The van der Waals surface area contributed by atoms with Gasteiger partial charge in [-0.05, 0) is 36.5 Å². The van der Waals surface area contributed by atoms with E-state index >= 15 is 0 Å². The fraction of sp³-hybridized carbons (Fsp3) is 0.682. The van der Waals surface area contributed by atoms with Crippen molar-refractivity contribution in [2.75, 3.05) is 0 Å². The van der Waals surface area contributed by atoms with Crippen LogP contribution in [-0.2, 0) is 4.79 Å². The van der Waals surface area contributed by atoms with E-state index in [1.54, 1.807) is 12.1 Å². The highest BCUT2D eigenvalue weighted by Crippen LogP contribution is 2.28. The Kier molecular flexibility index (Phi) is 11.3. The largest absolute Gasteiger partial charge is 0.508 e. The fourth-order valence-electron chi connectivity index (χ4n) is 3.25. The molecule has 0 amide bonds. The van der Waals surface area contributed by atoms with Gasteiger partial charge in [-0.15, -0.1) is 0 Å². The smallest absolute Gasteiger partial charge is 0.133 e. The van der Waals surface area contributed by atoms with Crippen LogP contribution in [0.1, 0.15) is 102 Å². The van der Waals surface area contributed by atoms with E-state index in [1.165, 1.54) is 56.9 Å². The van der Waals surface area contributed by atoms with Crippen LogP contribution in [-0.4, -0.2) is 10.9 Å². The summed E-state index contributed by atoms with van der Waals surface area (Å²) < 4.78 is 0. The molecule has 0 spiro atoms. The van der Waals surface area contributed by atoms with Crippen LogP contribution in [0.2, 0.25) is 0 Å². The molecular formula is C22H36O2. The first-order chi connectivity index (χ1) is 11.7. The van der Waals surface area contributed by atoms with Gasteiger partial charge in [-0.1, -0.05) is 77.3 Å². The Morgan fingerprint density at radius 1 is 0.875 bits per heavy atom. The summed E-state index contributed by atoms with van der Waals surface area (Å²) in [6.07, 6.45) is 13.4.